The Morgan fingerprint density at radius 3 is 2.61 bits per heavy atom. The summed E-state index contributed by atoms with van der Waals surface area (Å²) in [6.07, 6.45) is 1.66. The maximum absolute atomic E-state index is 13.2. The van der Waals surface area contributed by atoms with Crippen molar-refractivity contribution in [3.8, 4) is 0 Å². The molecule has 0 saturated heterocycles. The lowest BCUT2D eigenvalue weighted by molar-refractivity contribution is 0.560. The molecule has 1 rings (SSSR count). The molecule has 0 spiro atoms. The molecule has 0 radical (unpaired) electrons. The highest BCUT2D eigenvalue weighted by Crippen LogP contribution is 2.08. The van der Waals surface area contributed by atoms with Gasteiger partial charge in [-0.15, -0.1) is 0 Å². The Balaban J connectivity index is 2.24. The topological polar surface area (TPSA) is 58.2 Å². The average molecular weight is 278 g/mol. The van der Waals surface area contributed by atoms with Crippen LogP contribution in [0.25, 0.3) is 0 Å². The molecule has 0 saturated carbocycles. The summed E-state index contributed by atoms with van der Waals surface area (Å²) in [4.78, 5) is 0. The molecule has 0 bridgehead atoms. The zero-order valence-electron chi connectivity index (χ0n) is 10.0. The van der Waals surface area contributed by atoms with Crippen LogP contribution in [0.4, 0.5) is 8.78 Å². The fourth-order valence-electron chi connectivity index (χ4n) is 1.37. The molecule has 0 aliphatic carbocycles. The molecule has 0 aliphatic heterocycles. The Bertz CT molecular complexity index is 492. The molecule has 2 N–H and O–H groups in total. The van der Waals surface area contributed by atoms with Crippen molar-refractivity contribution < 1.29 is 17.2 Å². The van der Waals surface area contributed by atoms with E-state index in [-0.39, 0.29) is 12.1 Å². The molecule has 4 nitrogen and oxygen atoms in total. The lowest BCUT2D eigenvalue weighted by Crippen LogP contribution is -2.26. The van der Waals surface area contributed by atoms with Crippen molar-refractivity contribution in [2.24, 2.45) is 0 Å². The van der Waals surface area contributed by atoms with Crippen LogP contribution in [-0.2, 0) is 16.6 Å². The van der Waals surface area contributed by atoms with E-state index in [1.54, 1.807) is 0 Å². The molecule has 0 heterocycles. The predicted octanol–water partition coefficient (Wildman–Crippen LogP) is 0.994. The van der Waals surface area contributed by atoms with Crippen molar-refractivity contribution in [3.05, 3.63) is 35.4 Å². The van der Waals surface area contributed by atoms with Gasteiger partial charge in [0.1, 0.15) is 11.6 Å². The van der Waals surface area contributed by atoms with Gasteiger partial charge in [-0.1, -0.05) is 0 Å². The molecule has 18 heavy (non-hydrogen) atoms. The largest absolute Gasteiger partial charge is 0.313 e. The number of benzene rings is 1. The lowest BCUT2D eigenvalue weighted by atomic mass is 10.2. The average Bonchev–Trinajstić information content (AvgIpc) is 2.26. The van der Waals surface area contributed by atoms with Gasteiger partial charge in [0, 0.05) is 18.7 Å². The highest BCUT2D eigenvalue weighted by atomic mass is 32.2. The molecule has 1 aromatic rings. The van der Waals surface area contributed by atoms with E-state index in [4.69, 9.17) is 0 Å². The first-order valence-electron chi connectivity index (χ1n) is 5.48. The number of sulfonamides is 1. The van der Waals surface area contributed by atoms with E-state index in [0.29, 0.717) is 19.5 Å². The van der Waals surface area contributed by atoms with Crippen LogP contribution < -0.4 is 10.0 Å². The van der Waals surface area contributed by atoms with E-state index in [9.17, 15) is 17.2 Å². The van der Waals surface area contributed by atoms with Crippen LogP contribution in [0.1, 0.15) is 12.0 Å². The zero-order chi connectivity index (χ0) is 13.6. The Morgan fingerprint density at radius 2 is 1.94 bits per heavy atom. The third kappa shape index (κ3) is 6.04. The first kappa shape index (κ1) is 15.0. The van der Waals surface area contributed by atoms with Crippen molar-refractivity contribution in [2.45, 2.75) is 13.0 Å². The van der Waals surface area contributed by atoms with Gasteiger partial charge in [0.05, 0.1) is 6.26 Å². The molecular formula is C11H16F2N2O2S. The van der Waals surface area contributed by atoms with Crippen molar-refractivity contribution in [3.63, 3.8) is 0 Å². The Hall–Kier alpha value is -1.05. The van der Waals surface area contributed by atoms with Gasteiger partial charge in [-0.05, 0) is 31.2 Å². The van der Waals surface area contributed by atoms with E-state index in [1.807, 2.05) is 0 Å². The van der Waals surface area contributed by atoms with Crippen LogP contribution in [-0.4, -0.2) is 27.8 Å². The van der Waals surface area contributed by atoms with E-state index in [1.165, 1.54) is 0 Å². The minimum Gasteiger partial charge on any atom is -0.313 e. The van der Waals surface area contributed by atoms with Gasteiger partial charge in [-0.3, -0.25) is 0 Å². The molecule has 0 aromatic heterocycles. The quantitative estimate of drug-likeness (QED) is 0.731. The molecule has 0 atom stereocenters. The Labute approximate surface area is 105 Å². The van der Waals surface area contributed by atoms with Crippen LogP contribution in [0.5, 0.6) is 0 Å². The van der Waals surface area contributed by atoms with E-state index < -0.39 is 21.7 Å². The highest BCUT2D eigenvalue weighted by Gasteiger charge is 2.03. The summed E-state index contributed by atoms with van der Waals surface area (Å²) >= 11 is 0. The summed E-state index contributed by atoms with van der Waals surface area (Å²) in [7, 11) is -3.16. The van der Waals surface area contributed by atoms with Gasteiger partial charge in [0.2, 0.25) is 10.0 Å². The molecule has 0 aliphatic rings. The molecular weight excluding hydrogens is 262 g/mol. The second-order valence-corrected chi connectivity index (χ2v) is 5.77. The van der Waals surface area contributed by atoms with Crippen LogP contribution in [0.2, 0.25) is 0 Å². The smallest absolute Gasteiger partial charge is 0.208 e. The van der Waals surface area contributed by atoms with E-state index in [0.717, 1.165) is 24.5 Å². The number of nitrogens with one attached hydrogen (secondary N) is 2. The number of rotatable bonds is 7. The van der Waals surface area contributed by atoms with Crippen molar-refractivity contribution in [1.29, 1.82) is 0 Å². The lowest BCUT2D eigenvalue weighted by Gasteiger charge is -2.06. The molecule has 0 unspecified atom stereocenters. The summed E-state index contributed by atoms with van der Waals surface area (Å²) in [5.74, 6) is -0.940. The van der Waals surface area contributed by atoms with Crippen LogP contribution in [0.15, 0.2) is 18.2 Å². The predicted molar refractivity (Wildman–Crippen MR) is 65.5 cm³/mol. The molecule has 1 aromatic carbocycles. The molecule has 7 heteroatoms. The van der Waals surface area contributed by atoms with E-state index in [2.05, 4.69) is 10.0 Å². The minimum absolute atomic E-state index is 0.211. The second kappa shape index (κ2) is 6.77. The van der Waals surface area contributed by atoms with Crippen molar-refractivity contribution in [2.75, 3.05) is 19.3 Å². The summed E-state index contributed by atoms with van der Waals surface area (Å²) < 4.78 is 49.9. The standard InChI is InChI=1S/C11H16F2N2O2S/c1-18(16,17)15-6-2-5-14-8-9-7-10(12)3-4-11(9)13/h3-4,7,14-15H,2,5-6,8H2,1H3. The first-order chi connectivity index (χ1) is 8.38. The van der Waals surface area contributed by atoms with Gasteiger partial charge in [0.15, 0.2) is 0 Å². The first-order valence-corrected chi connectivity index (χ1v) is 7.37. The maximum atomic E-state index is 13.2. The second-order valence-electron chi connectivity index (χ2n) is 3.93. The molecule has 0 amide bonds. The van der Waals surface area contributed by atoms with Crippen LogP contribution in [0.3, 0.4) is 0 Å². The highest BCUT2D eigenvalue weighted by molar-refractivity contribution is 7.88. The summed E-state index contributed by atoms with van der Waals surface area (Å²) in [5.41, 5.74) is 0.256. The summed E-state index contributed by atoms with van der Waals surface area (Å²) in [6.45, 7) is 1.04. The van der Waals surface area contributed by atoms with Crippen LogP contribution in [0, 0.1) is 11.6 Å². The minimum atomic E-state index is -3.16. The maximum Gasteiger partial charge on any atom is 0.208 e. The Morgan fingerprint density at radius 1 is 1.22 bits per heavy atom. The fourth-order valence-corrected chi connectivity index (χ4v) is 1.89. The Kier molecular flexibility index (Phi) is 5.64. The zero-order valence-corrected chi connectivity index (χ0v) is 10.9. The SMILES string of the molecule is CS(=O)(=O)NCCCNCc1cc(F)ccc1F. The number of halogens is 2. The van der Waals surface area contributed by atoms with E-state index >= 15 is 0 Å². The molecule has 102 valence electrons. The van der Waals surface area contributed by atoms with Gasteiger partial charge >= 0.3 is 0 Å². The third-order valence-corrected chi connectivity index (χ3v) is 2.95. The number of hydrogen-bond acceptors (Lipinski definition) is 3. The van der Waals surface area contributed by atoms with Crippen LogP contribution >= 0.6 is 0 Å². The fraction of sp³-hybridized carbons (Fsp3) is 0.455. The number of hydrogen-bond donors (Lipinski definition) is 2. The van der Waals surface area contributed by atoms with Crippen molar-refractivity contribution in [1.82, 2.24) is 10.0 Å². The van der Waals surface area contributed by atoms with Gasteiger partial charge in [0.25, 0.3) is 0 Å². The third-order valence-electron chi connectivity index (χ3n) is 2.22. The molecule has 0 fully saturated rings. The van der Waals surface area contributed by atoms with Crippen molar-refractivity contribution >= 4 is 10.0 Å². The summed E-state index contributed by atoms with van der Waals surface area (Å²) in [6, 6.07) is 3.28. The monoisotopic (exact) mass is 278 g/mol. The van der Waals surface area contributed by atoms with Gasteiger partial charge < -0.3 is 5.32 Å². The van der Waals surface area contributed by atoms with Gasteiger partial charge in [-0.25, -0.2) is 21.9 Å². The summed E-state index contributed by atoms with van der Waals surface area (Å²) in [5, 5.41) is 2.91. The van der Waals surface area contributed by atoms with Gasteiger partial charge in [-0.2, -0.15) is 0 Å². The normalized spacial score (nSPS) is 11.7.